The molecule has 1 fully saturated rings. The fourth-order valence-corrected chi connectivity index (χ4v) is 3.24. The van der Waals surface area contributed by atoms with Gasteiger partial charge in [0.1, 0.15) is 0 Å². The molecule has 1 aliphatic carbocycles. The standard InChI is InChI=1S/C15H17N3O/c1-11-13-6-5-12(9-14(13)18(2)17-11)15(16-10-19)7-3-4-8-15/h5-6,9H,3-4,7-8H2,1-2H3. The highest BCUT2D eigenvalue weighted by Gasteiger charge is 2.35. The fourth-order valence-electron chi connectivity index (χ4n) is 3.24. The smallest absolute Gasteiger partial charge is 0.235 e. The molecule has 0 N–H and O–H groups in total. The van der Waals surface area contributed by atoms with Gasteiger partial charge in [0.25, 0.3) is 0 Å². The second-order valence-corrected chi connectivity index (χ2v) is 5.38. The molecule has 0 amide bonds. The quantitative estimate of drug-likeness (QED) is 0.611. The van der Waals surface area contributed by atoms with E-state index in [-0.39, 0.29) is 5.54 Å². The van der Waals surface area contributed by atoms with Gasteiger partial charge in [-0.25, -0.2) is 4.79 Å². The van der Waals surface area contributed by atoms with Crippen molar-refractivity contribution in [3.8, 4) is 0 Å². The summed E-state index contributed by atoms with van der Waals surface area (Å²) >= 11 is 0. The number of aryl methyl sites for hydroxylation is 2. The predicted molar refractivity (Wildman–Crippen MR) is 73.7 cm³/mol. The summed E-state index contributed by atoms with van der Waals surface area (Å²) in [5.41, 5.74) is 2.89. The van der Waals surface area contributed by atoms with Crippen molar-refractivity contribution < 1.29 is 4.79 Å². The summed E-state index contributed by atoms with van der Waals surface area (Å²) in [6.07, 6.45) is 5.88. The van der Waals surface area contributed by atoms with Gasteiger partial charge >= 0.3 is 0 Å². The van der Waals surface area contributed by atoms with Crippen LogP contribution in [0, 0.1) is 6.92 Å². The lowest BCUT2D eigenvalue weighted by molar-refractivity contribution is 0.456. The van der Waals surface area contributed by atoms with Crippen LogP contribution >= 0.6 is 0 Å². The summed E-state index contributed by atoms with van der Waals surface area (Å²) in [4.78, 5) is 14.9. The van der Waals surface area contributed by atoms with E-state index in [2.05, 4.69) is 28.3 Å². The van der Waals surface area contributed by atoms with E-state index in [4.69, 9.17) is 0 Å². The maximum absolute atomic E-state index is 10.8. The molecule has 1 saturated carbocycles. The van der Waals surface area contributed by atoms with Crippen molar-refractivity contribution in [3.63, 3.8) is 0 Å². The molecule has 0 atom stereocenters. The maximum Gasteiger partial charge on any atom is 0.235 e. The minimum atomic E-state index is -0.353. The largest absolute Gasteiger partial charge is 0.268 e. The molecule has 4 heteroatoms. The number of aliphatic imine (C=N–C) groups is 1. The third kappa shape index (κ3) is 1.80. The molecule has 2 aromatic rings. The Balaban J connectivity index is 2.19. The number of hydrogen-bond donors (Lipinski definition) is 0. The first-order valence-corrected chi connectivity index (χ1v) is 6.69. The third-order valence-electron chi connectivity index (χ3n) is 4.26. The Labute approximate surface area is 112 Å². The number of isocyanates is 1. The van der Waals surface area contributed by atoms with Crippen LogP contribution in [0.5, 0.6) is 0 Å². The fraction of sp³-hybridized carbons (Fsp3) is 0.467. The second-order valence-electron chi connectivity index (χ2n) is 5.38. The van der Waals surface area contributed by atoms with E-state index in [1.54, 1.807) is 6.08 Å². The Morgan fingerprint density at radius 3 is 2.79 bits per heavy atom. The number of hydrogen-bond acceptors (Lipinski definition) is 3. The Morgan fingerprint density at radius 2 is 2.11 bits per heavy atom. The lowest BCUT2D eigenvalue weighted by Crippen LogP contribution is -2.18. The van der Waals surface area contributed by atoms with Crippen LogP contribution in [0.2, 0.25) is 0 Å². The van der Waals surface area contributed by atoms with Gasteiger partial charge in [-0.05, 0) is 31.4 Å². The molecule has 1 aliphatic rings. The minimum absolute atomic E-state index is 0.353. The van der Waals surface area contributed by atoms with Crippen LogP contribution in [0.15, 0.2) is 23.2 Å². The van der Waals surface area contributed by atoms with Crippen molar-refractivity contribution in [2.75, 3.05) is 0 Å². The van der Waals surface area contributed by atoms with E-state index in [0.29, 0.717) is 0 Å². The lowest BCUT2D eigenvalue weighted by atomic mass is 9.88. The van der Waals surface area contributed by atoms with Crippen LogP contribution in [0.1, 0.15) is 36.9 Å². The van der Waals surface area contributed by atoms with Crippen molar-refractivity contribution in [1.82, 2.24) is 9.78 Å². The number of rotatable bonds is 2. The molecule has 1 aromatic heterocycles. The zero-order valence-corrected chi connectivity index (χ0v) is 11.3. The molecule has 19 heavy (non-hydrogen) atoms. The predicted octanol–water partition coefficient (Wildman–Crippen LogP) is 2.99. The summed E-state index contributed by atoms with van der Waals surface area (Å²) < 4.78 is 1.89. The van der Waals surface area contributed by atoms with E-state index in [1.165, 1.54) is 0 Å². The number of aromatic nitrogens is 2. The average Bonchev–Trinajstić information content (AvgIpc) is 2.97. The molecule has 3 rings (SSSR count). The molecule has 4 nitrogen and oxygen atoms in total. The molecule has 1 aromatic carbocycles. The minimum Gasteiger partial charge on any atom is -0.268 e. The summed E-state index contributed by atoms with van der Waals surface area (Å²) in [7, 11) is 1.95. The average molecular weight is 255 g/mol. The normalized spacial score (nSPS) is 17.6. The molecular weight excluding hydrogens is 238 g/mol. The topological polar surface area (TPSA) is 47.2 Å². The monoisotopic (exact) mass is 255 g/mol. The molecule has 1 heterocycles. The Bertz CT molecular complexity index is 674. The highest BCUT2D eigenvalue weighted by atomic mass is 16.1. The van der Waals surface area contributed by atoms with Crippen LogP contribution in [0.25, 0.3) is 10.9 Å². The van der Waals surface area contributed by atoms with Gasteiger partial charge < -0.3 is 0 Å². The van der Waals surface area contributed by atoms with E-state index >= 15 is 0 Å². The van der Waals surface area contributed by atoms with Crippen molar-refractivity contribution >= 4 is 17.0 Å². The van der Waals surface area contributed by atoms with Crippen molar-refractivity contribution in [2.45, 2.75) is 38.1 Å². The molecule has 0 spiro atoms. The number of benzene rings is 1. The van der Waals surface area contributed by atoms with Crippen LogP contribution < -0.4 is 0 Å². The number of fused-ring (bicyclic) bond motifs is 1. The van der Waals surface area contributed by atoms with E-state index in [9.17, 15) is 4.79 Å². The first kappa shape index (κ1) is 12.1. The highest BCUT2D eigenvalue weighted by molar-refractivity contribution is 5.82. The summed E-state index contributed by atoms with van der Waals surface area (Å²) in [5.74, 6) is 0. The molecular formula is C15H17N3O. The first-order chi connectivity index (χ1) is 9.16. The van der Waals surface area contributed by atoms with Gasteiger partial charge in [-0.1, -0.05) is 25.0 Å². The van der Waals surface area contributed by atoms with Gasteiger partial charge in [-0.3, -0.25) is 4.68 Å². The first-order valence-electron chi connectivity index (χ1n) is 6.69. The third-order valence-corrected chi connectivity index (χ3v) is 4.26. The Kier molecular flexibility index (Phi) is 2.76. The van der Waals surface area contributed by atoms with Crippen LogP contribution in [-0.2, 0) is 17.4 Å². The molecule has 0 radical (unpaired) electrons. The second kappa shape index (κ2) is 4.32. The van der Waals surface area contributed by atoms with E-state index in [1.807, 2.05) is 18.7 Å². The van der Waals surface area contributed by atoms with Gasteiger partial charge in [0, 0.05) is 12.4 Å². The van der Waals surface area contributed by atoms with Crippen molar-refractivity contribution in [1.29, 1.82) is 0 Å². The molecule has 0 unspecified atom stereocenters. The zero-order valence-electron chi connectivity index (χ0n) is 11.3. The Morgan fingerprint density at radius 1 is 1.37 bits per heavy atom. The summed E-state index contributed by atoms with van der Waals surface area (Å²) in [5, 5.41) is 5.60. The molecule has 0 saturated heterocycles. The van der Waals surface area contributed by atoms with Crippen molar-refractivity contribution in [2.24, 2.45) is 12.0 Å². The van der Waals surface area contributed by atoms with E-state index < -0.39 is 0 Å². The highest BCUT2D eigenvalue weighted by Crippen LogP contribution is 2.42. The van der Waals surface area contributed by atoms with Crippen LogP contribution in [-0.4, -0.2) is 15.9 Å². The van der Waals surface area contributed by atoms with Gasteiger partial charge in [-0.2, -0.15) is 10.1 Å². The molecule has 0 bridgehead atoms. The van der Waals surface area contributed by atoms with Gasteiger partial charge in [0.2, 0.25) is 6.08 Å². The SMILES string of the molecule is Cc1nn(C)c2cc(C3(N=C=O)CCCC3)ccc12. The summed E-state index contributed by atoms with van der Waals surface area (Å²) in [6.45, 7) is 2.01. The van der Waals surface area contributed by atoms with Crippen molar-refractivity contribution in [3.05, 3.63) is 29.5 Å². The number of nitrogens with zero attached hydrogens (tertiary/aromatic N) is 3. The summed E-state index contributed by atoms with van der Waals surface area (Å²) in [6, 6.07) is 6.30. The number of carbonyl (C=O) groups excluding carboxylic acids is 1. The lowest BCUT2D eigenvalue weighted by Gasteiger charge is -2.22. The van der Waals surface area contributed by atoms with Gasteiger partial charge in [0.15, 0.2) is 0 Å². The van der Waals surface area contributed by atoms with Gasteiger partial charge in [-0.15, -0.1) is 0 Å². The van der Waals surface area contributed by atoms with Crippen LogP contribution in [0.3, 0.4) is 0 Å². The molecule has 0 aliphatic heterocycles. The Hall–Kier alpha value is -1.93. The maximum atomic E-state index is 10.8. The zero-order chi connectivity index (χ0) is 13.5. The van der Waals surface area contributed by atoms with Gasteiger partial charge in [0.05, 0.1) is 16.7 Å². The van der Waals surface area contributed by atoms with E-state index in [0.717, 1.165) is 47.8 Å². The van der Waals surface area contributed by atoms with Crippen LogP contribution in [0.4, 0.5) is 0 Å². The molecule has 98 valence electrons.